The summed E-state index contributed by atoms with van der Waals surface area (Å²) < 4.78 is 12.0. The Labute approximate surface area is 97.6 Å². The maximum Gasteiger partial charge on any atom is 0.148 e. The van der Waals surface area contributed by atoms with Gasteiger partial charge in [0.25, 0.3) is 0 Å². The van der Waals surface area contributed by atoms with Crippen molar-refractivity contribution < 1.29 is 9.23 Å². The van der Waals surface area contributed by atoms with E-state index in [0.29, 0.717) is 16.5 Å². The van der Waals surface area contributed by atoms with E-state index in [1.807, 2.05) is 0 Å². The number of halogens is 2. The summed E-state index contributed by atoms with van der Waals surface area (Å²) in [5.41, 5.74) is 2.96. The predicted octanol–water partition coefficient (Wildman–Crippen LogP) is 1.63. The number of aromatic nitrogens is 2. The summed E-state index contributed by atoms with van der Waals surface area (Å²) in [5, 5.41) is 3.07. The SMILES string of the molecule is CNO/C=C/c1ncnc(NCCF)c1Cl. The number of hydrogen-bond acceptors (Lipinski definition) is 5. The predicted molar refractivity (Wildman–Crippen MR) is 60.7 cm³/mol. The Kier molecular flexibility index (Phi) is 5.52. The average molecular weight is 247 g/mol. The minimum atomic E-state index is -0.492. The zero-order chi connectivity index (χ0) is 11.8. The molecular formula is C9H12ClFN4O. The van der Waals surface area contributed by atoms with Crippen molar-refractivity contribution in [2.75, 3.05) is 25.6 Å². The van der Waals surface area contributed by atoms with Gasteiger partial charge in [0.05, 0.1) is 5.69 Å². The van der Waals surface area contributed by atoms with Gasteiger partial charge >= 0.3 is 0 Å². The van der Waals surface area contributed by atoms with E-state index in [4.69, 9.17) is 16.4 Å². The molecule has 7 heteroatoms. The molecule has 0 amide bonds. The van der Waals surface area contributed by atoms with Crippen LogP contribution >= 0.6 is 11.6 Å². The molecule has 1 aromatic rings. The van der Waals surface area contributed by atoms with E-state index in [1.54, 1.807) is 13.1 Å². The molecule has 0 atom stereocenters. The molecule has 0 bridgehead atoms. The Balaban J connectivity index is 2.77. The van der Waals surface area contributed by atoms with E-state index >= 15 is 0 Å². The fourth-order valence-electron chi connectivity index (χ4n) is 0.955. The van der Waals surface area contributed by atoms with Gasteiger partial charge in [0.1, 0.15) is 30.1 Å². The third kappa shape index (κ3) is 3.63. The first-order chi connectivity index (χ1) is 7.79. The molecule has 1 heterocycles. The summed E-state index contributed by atoms with van der Waals surface area (Å²) in [6.07, 6.45) is 4.31. The Hall–Kier alpha value is -1.40. The van der Waals surface area contributed by atoms with Crippen LogP contribution in [0.3, 0.4) is 0 Å². The second-order valence-electron chi connectivity index (χ2n) is 2.66. The molecule has 2 N–H and O–H groups in total. The van der Waals surface area contributed by atoms with E-state index < -0.39 is 6.67 Å². The fourth-order valence-corrected chi connectivity index (χ4v) is 1.18. The normalized spacial score (nSPS) is 10.7. The monoisotopic (exact) mass is 246 g/mol. The second kappa shape index (κ2) is 6.97. The number of hydroxylamine groups is 1. The van der Waals surface area contributed by atoms with Gasteiger partial charge < -0.3 is 10.2 Å². The summed E-state index contributed by atoms with van der Waals surface area (Å²) in [7, 11) is 1.63. The van der Waals surface area contributed by atoms with Crippen LogP contribution in [0.25, 0.3) is 6.08 Å². The van der Waals surface area contributed by atoms with E-state index in [9.17, 15) is 4.39 Å². The second-order valence-corrected chi connectivity index (χ2v) is 3.04. The first-order valence-electron chi connectivity index (χ1n) is 4.59. The van der Waals surface area contributed by atoms with Gasteiger partial charge in [0, 0.05) is 19.7 Å². The average Bonchev–Trinajstić information content (AvgIpc) is 2.30. The lowest BCUT2D eigenvalue weighted by Crippen LogP contribution is -2.06. The van der Waals surface area contributed by atoms with E-state index in [-0.39, 0.29) is 6.54 Å². The van der Waals surface area contributed by atoms with Crippen molar-refractivity contribution in [3.63, 3.8) is 0 Å². The number of nitrogens with zero attached hydrogens (tertiary/aromatic N) is 2. The largest absolute Gasteiger partial charge is 0.417 e. The molecule has 88 valence electrons. The van der Waals surface area contributed by atoms with Gasteiger partial charge in [-0.15, -0.1) is 0 Å². The topological polar surface area (TPSA) is 59.1 Å². The maximum atomic E-state index is 12.0. The number of alkyl halides is 1. The molecule has 5 nitrogen and oxygen atoms in total. The van der Waals surface area contributed by atoms with Crippen molar-refractivity contribution in [1.29, 1.82) is 0 Å². The first kappa shape index (κ1) is 12.7. The van der Waals surface area contributed by atoms with Crippen LogP contribution < -0.4 is 10.8 Å². The van der Waals surface area contributed by atoms with Crippen molar-refractivity contribution in [2.24, 2.45) is 0 Å². The van der Waals surface area contributed by atoms with Gasteiger partial charge in [-0.25, -0.2) is 14.4 Å². The Morgan fingerprint density at radius 3 is 3.06 bits per heavy atom. The molecule has 0 unspecified atom stereocenters. The number of nitrogens with one attached hydrogen (secondary N) is 2. The van der Waals surface area contributed by atoms with Gasteiger partial charge in [0.2, 0.25) is 0 Å². The molecule has 0 aliphatic carbocycles. The van der Waals surface area contributed by atoms with Gasteiger partial charge in [-0.2, -0.15) is 5.48 Å². The number of rotatable bonds is 6. The Morgan fingerprint density at radius 1 is 1.56 bits per heavy atom. The highest BCUT2D eigenvalue weighted by atomic mass is 35.5. The van der Waals surface area contributed by atoms with Gasteiger partial charge in [-0.1, -0.05) is 11.6 Å². The lowest BCUT2D eigenvalue weighted by molar-refractivity contribution is 0.161. The highest BCUT2D eigenvalue weighted by Crippen LogP contribution is 2.22. The quantitative estimate of drug-likeness (QED) is 0.590. The summed E-state index contributed by atoms with van der Waals surface area (Å²) in [5.74, 6) is 0.401. The van der Waals surface area contributed by atoms with Crippen LogP contribution in [0.1, 0.15) is 5.69 Å². The molecule has 0 aliphatic rings. The van der Waals surface area contributed by atoms with Crippen molar-refractivity contribution in [1.82, 2.24) is 15.4 Å². The Bertz CT molecular complexity index is 361. The van der Waals surface area contributed by atoms with Gasteiger partial charge in [-0.3, -0.25) is 0 Å². The third-order valence-electron chi connectivity index (χ3n) is 1.62. The van der Waals surface area contributed by atoms with E-state index in [1.165, 1.54) is 12.6 Å². The lowest BCUT2D eigenvalue weighted by atomic mass is 10.4. The van der Waals surface area contributed by atoms with Crippen LogP contribution in [-0.2, 0) is 4.84 Å². The molecule has 1 aromatic heterocycles. The molecule has 0 radical (unpaired) electrons. The lowest BCUT2D eigenvalue weighted by Gasteiger charge is -2.06. The smallest absolute Gasteiger partial charge is 0.148 e. The van der Waals surface area contributed by atoms with Crippen molar-refractivity contribution in [2.45, 2.75) is 0 Å². The highest BCUT2D eigenvalue weighted by Gasteiger charge is 2.05. The molecule has 16 heavy (non-hydrogen) atoms. The minimum Gasteiger partial charge on any atom is -0.417 e. The van der Waals surface area contributed by atoms with Crippen molar-refractivity contribution in [3.8, 4) is 0 Å². The van der Waals surface area contributed by atoms with Crippen LogP contribution in [0.2, 0.25) is 5.02 Å². The molecule has 1 rings (SSSR count). The summed E-state index contributed by atoms with van der Waals surface area (Å²) in [6, 6.07) is 0. The van der Waals surface area contributed by atoms with E-state index in [0.717, 1.165) is 0 Å². The zero-order valence-corrected chi connectivity index (χ0v) is 9.46. The molecular weight excluding hydrogens is 235 g/mol. The molecule has 0 spiro atoms. The minimum absolute atomic E-state index is 0.160. The maximum absolute atomic E-state index is 12.0. The van der Waals surface area contributed by atoms with Crippen LogP contribution in [-0.4, -0.2) is 30.2 Å². The van der Waals surface area contributed by atoms with Crippen molar-refractivity contribution >= 4 is 23.5 Å². The highest BCUT2D eigenvalue weighted by molar-refractivity contribution is 6.34. The molecule has 0 fully saturated rings. The molecule has 0 saturated heterocycles. The standard InChI is InChI=1S/C9H12ClFN4O/c1-12-16-5-2-7-8(10)9(13-4-3-11)15-6-14-7/h2,5-6,12H,3-4H2,1H3,(H,13,14,15)/b5-2+. The summed E-state index contributed by atoms with van der Waals surface area (Å²) in [6.45, 7) is -0.332. The van der Waals surface area contributed by atoms with Crippen molar-refractivity contribution in [3.05, 3.63) is 23.3 Å². The molecule has 0 saturated carbocycles. The summed E-state index contributed by atoms with van der Waals surface area (Å²) >= 11 is 5.99. The van der Waals surface area contributed by atoms with Crippen LogP contribution in [0.4, 0.5) is 10.2 Å². The number of anilines is 1. The third-order valence-corrected chi connectivity index (χ3v) is 1.99. The van der Waals surface area contributed by atoms with Crippen LogP contribution in [0.15, 0.2) is 12.6 Å². The first-order valence-corrected chi connectivity index (χ1v) is 4.96. The van der Waals surface area contributed by atoms with Crippen LogP contribution in [0, 0.1) is 0 Å². The zero-order valence-electron chi connectivity index (χ0n) is 8.70. The van der Waals surface area contributed by atoms with Gasteiger partial charge in [0.15, 0.2) is 0 Å². The Morgan fingerprint density at radius 2 is 2.38 bits per heavy atom. The number of hydrogen-bond donors (Lipinski definition) is 2. The summed E-state index contributed by atoms with van der Waals surface area (Å²) in [4.78, 5) is 12.6. The molecule has 0 aromatic carbocycles. The van der Waals surface area contributed by atoms with E-state index in [2.05, 4.69) is 20.8 Å². The van der Waals surface area contributed by atoms with Gasteiger partial charge in [-0.05, 0) is 0 Å². The molecule has 0 aliphatic heterocycles. The fraction of sp³-hybridized carbons (Fsp3) is 0.333. The van der Waals surface area contributed by atoms with Crippen LogP contribution in [0.5, 0.6) is 0 Å².